The number of rotatable bonds is 58. The first-order valence-corrected chi connectivity index (χ1v) is 30.2. The monoisotopic (exact) mass is 937 g/mol. The Kier molecular flexibility index (Phi) is 64.8. The molecule has 0 aromatic rings. The second kappa shape index (κ2) is 63.9. The Morgan fingerprint density at radius 2 is 0.258 bits per heavy atom. The molecule has 0 saturated carbocycles. The van der Waals surface area contributed by atoms with Gasteiger partial charge in [-0.05, 0) is 25.7 Å². The molecule has 6 nitrogen and oxygen atoms in total. The van der Waals surface area contributed by atoms with Crippen LogP contribution >= 0.6 is 0 Å². The number of carboxylic acids is 2. The summed E-state index contributed by atoms with van der Waals surface area (Å²) in [5.74, 6) is -1.30. The second-order valence-corrected chi connectivity index (χ2v) is 20.8. The van der Waals surface area contributed by atoms with E-state index >= 15 is 0 Å². The summed E-state index contributed by atoms with van der Waals surface area (Å²) >= 11 is 0. The summed E-state index contributed by atoms with van der Waals surface area (Å²) < 4.78 is 0. The van der Waals surface area contributed by atoms with E-state index in [4.69, 9.17) is 20.4 Å². The Morgan fingerprint density at radius 1 is 0.167 bits per heavy atom. The predicted octanol–water partition coefficient (Wildman–Crippen LogP) is 20.0. The Hall–Kier alpha value is -1.14. The molecule has 0 heterocycles. The van der Waals surface area contributed by atoms with Crippen LogP contribution in [0.4, 0.5) is 0 Å². The molecule has 0 rings (SSSR count). The van der Waals surface area contributed by atoms with E-state index < -0.39 is 11.9 Å². The van der Waals surface area contributed by atoms with Gasteiger partial charge >= 0.3 is 11.9 Å². The maximum Gasteiger partial charge on any atom is 0.303 e. The molecule has 0 unspecified atom stereocenters. The summed E-state index contributed by atoms with van der Waals surface area (Å²) in [5.41, 5.74) is 0. The first kappa shape index (κ1) is 66.9. The average Bonchev–Trinajstić information content (AvgIpc) is 3.30. The number of hydrogen-bond donors (Lipinski definition) is 4. The van der Waals surface area contributed by atoms with Crippen molar-refractivity contribution in [2.75, 3.05) is 13.2 Å². The molecule has 0 aliphatic rings. The zero-order valence-corrected chi connectivity index (χ0v) is 44.6. The molecular formula is C60H120O6. The summed E-state index contributed by atoms with van der Waals surface area (Å²) in [7, 11) is 0. The molecule has 4 N–H and O–H groups in total. The fraction of sp³-hybridized carbons (Fsp3) is 0.967. The van der Waals surface area contributed by atoms with Crippen molar-refractivity contribution in [1.29, 1.82) is 0 Å². The Morgan fingerprint density at radius 3 is 0.348 bits per heavy atom. The van der Waals surface area contributed by atoms with Gasteiger partial charge in [0, 0.05) is 26.1 Å². The van der Waals surface area contributed by atoms with Crippen LogP contribution in [0.25, 0.3) is 0 Å². The van der Waals surface area contributed by atoms with E-state index in [1.807, 2.05) is 0 Å². The number of unbranched alkanes of at least 4 members (excludes halogenated alkanes) is 52. The van der Waals surface area contributed by atoms with Gasteiger partial charge in [-0.2, -0.15) is 0 Å². The predicted molar refractivity (Wildman–Crippen MR) is 288 cm³/mol. The number of aliphatic carboxylic acids is 2. The molecule has 6 heteroatoms. The first-order valence-electron chi connectivity index (χ1n) is 30.2. The SMILES string of the molecule is O=C(O)CCCCCCCCCCCCCCCCCCCCCCCCCCCCCO.O=C(O)CCCCCCCCCCCCCCCCCCCCCCCCCCCCCO. The highest BCUT2D eigenvalue weighted by atomic mass is 16.4. The maximum atomic E-state index is 10.4. The van der Waals surface area contributed by atoms with Crippen molar-refractivity contribution in [1.82, 2.24) is 0 Å². The van der Waals surface area contributed by atoms with Crippen LogP contribution in [0, 0.1) is 0 Å². The molecule has 0 radical (unpaired) electrons. The van der Waals surface area contributed by atoms with Crippen molar-refractivity contribution >= 4 is 11.9 Å². The standard InChI is InChI=1S/2C30H60O3/c2*31-29-27-25-23-21-19-17-15-13-11-9-7-5-3-1-2-4-6-8-10-12-14-16-18-20-22-24-26-28-30(32)33/h2*31H,1-29H2,(H,32,33). The summed E-state index contributed by atoms with van der Waals surface area (Å²) in [4.78, 5) is 20.9. The van der Waals surface area contributed by atoms with Crippen molar-refractivity contribution in [2.24, 2.45) is 0 Å². The number of carbonyl (C=O) groups is 2. The fourth-order valence-electron chi connectivity index (χ4n) is 9.61. The molecule has 0 saturated heterocycles. The molecule has 66 heavy (non-hydrogen) atoms. The third kappa shape index (κ3) is 69.4. The molecule has 0 aromatic heterocycles. The Labute approximate surface area is 413 Å². The van der Waals surface area contributed by atoms with E-state index in [2.05, 4.69) is 0 Å². The summed E-state index contributed by atoms with van der Waals surface area (Å²) in [6.45, 7) is 0.729. The van der Waals surface area contributed by atoms with Crippen molar-refractivity contribution in [2.45, 2.75) is 360 Å². The lowest BCUT2D eigenvalue weighted by Crippen LogP contribution is -1.93. The van der Waals surface area contributed by atoms with Crippen LogP contribution in [0.1, 0.15) is 360 Å². The van der Waals surface area contributed by atoms with Gasteiger partial charge in [0.1, 0.15) is 0 Å². The highest BCUT2D eigenvalue weighted by molar-refractivity contribution is 5.66. The minimum absolute atomic E-state index is 0.342. The third-order valence-corrected chi connectivity index (χ3v) is 14.1. The number of hydrogen-bond acceptors (Lipinski definition) is 4. The maximum absolute atomic E-state index is 10.4. The van der Waals surface area contributed by atoms with E-state index in [-0.39, 0.29) is 0 Å². The lowest BCUT2D eigenvalue weighted by Gasteiger charge is -2.04. The minimum Gasteiger partial charge on any atom is -0.481 e. The lowest BCUT2D eigenvalue weighted by molar-refractivity contribution is -0.138. The highest BCUT2D eigenvalue weighted by Gasteiger charge is 2.01. The normalized spacial score (nSPS) is 11.3. The van der Waals surface area contributed by atoms with Crippen LogP contribution in [-0.2, 0) is 9.59 Å². The van der Waals surface area contributed by atoms with E-state index in [0.29, 0.717) is 26.1 Å². The largest absolute Gasteiger partial charge is 0.481 e. The van der Waals surface area contributed by atoms with E-state index in [1.165, 1.54) is 308 Å². The molecule has 0 aliphatic carbocycles. The number of aliphatic hydroxyl groups is 2. The van der Waals surface area contributed by atoms with Gasteiger partial charge < -0.3 is 20.4 Å². The van der Waals surface area contributed by atoms with Gasteiger partial charge in [-0.1, -0.05) is 321 Å². The highest BCUT2D eigenvalue weighted by Crippen LogP contribution is 2.19. The topological polar surface area (TPSA) is 115 Å². The van der Waals surface area contributed by atoms with Crippen LogP contribution in [0.3, 0.4) is 0 Å². The molecule has 0 atom stereocenters. The van der Waals surface area contributed by atoms with Crippen molar-refractivity contribution in [3.63, 3.8) is 0 Å². The zero-order valence-electron chi connectivity index (χ0n) is 44.6. The van der Waals surface area contributed by atoms with Gasteiger partial charge in [-0.15, -0.1) is 0 Å². The van der Waals surface area contributed by atoms with Gasteiger partial charge in [0.25, 0.3) is 0 Å². The molecule has 396 valence electrons. The van der Waals surface area contributed by atoms with Crippen LogP contribution in [-0.4, -0.2) is 45.6 Å². The van der Waals surface area contributed by atoms with Gasteiger partial charge in [-0.25, -0.2) is 0 Å². The van der Waals surface area contributed by atoms with Gasteiger partial charge in [0.15, 0.2) is 0 Å². The van der Waals surface area contributed by atoms with Crippen LogP contribution in [0.2, 0.25) is 0 Å². The lowest BCUT2D eigenvalue weighted by atomic mass is 10.0. The summed E-state index contributed by atoms with van der Waals surface area (Å²) in [6.07, 6.45) is 73.3. The smallest absolute Gasteiger partial charge is 0.303 e. The van der Waals surface area contributed by atoms with Crippen molar-refractivity contribution in [3.8, 4) is 0 Å². The molecule has 0 spiro atoms. The quantitative estimate of drug-likeness (QED) is 0.0452. The number of carboxylic acid groups (broad SMARTS) is 2. The third-order valence-electron chi connectivity index (χ3n) is 14.1. The molecule has 0 aliphatic heterocycles. The second-order valence-electron chi connectivity index (χ2n) is 20.8. The fourth-order valence-corrected chi connectivity index (χ4v) is 9.61. The van der Waals surface area contributed by atoms with Crippen LogP contribution in [0.15, 0.2) is 0 Å². The minimum atomic E-state index is -0.652. The van der Waals surface area contributed by atoms with Gasteiger partial charge in [0.05, 0.1) is 0 Å². The van der Waals surface area contributed by atoms with Gasteiger partial charge in [0.2, 0.25) is 0 Å². The Bertz CT molecular complexity index is 809. The van der Waals surface area contributed by atoms with Crippen LogP contribution < -0.4 is 0 Å². The average molecular weight is 938 g/mol. The Balaban J connectivity index is 0. The molecule has 0 amide bonds. The van der Waals surface area contributed by atoms with E-state index in [9.17, 15) is 9.59 Å². The summed E-state index contributed by atoms with van der Waals surface area (Å²) in [5, 5.41) is 34.7. The summed E-state index contributed by atoms with van der Waals surface area (Å²) in [6, 6.07) is 0. The zero-order chi connectivity index (χ0) is 48.2. The first-order chi connectivity index (χ1) is 32.5. The van der Waals surface area contributed by atoms with Gasteiger partial charge in [-0.3, -0.25) is 9.59 Å². The molecular weight excluding hydrogens is 817 g/mol. The molecule has 0 fully saturated rings. The van der Waals surface area contributed by atoms with E-state index in [1.54, 1.807) is 0 Å². The van der Waals surface area contributed by atoms with Crippen LogP contribution in [0.5, 0.6) is 0 Å². The van der Waals surface area contributed by atoms with Crippen molar-refractivity contribution < 1.29 is 30.0 Å². The van der Waals surface area contributed by atoms with E-state index in [0.717, 1.165) is 38.5 Å². The molecule has 0 aromatic carbocycles. The number of aliphatic hydroxyl groups excluding tert-OH is 2. The van der Waals surface area contributed by atoms with Crippen molar-refractivity contribution in [3.05, 3.63) is 0 Å². The molecule has 0 bridgehead atoms.